The van der Waals surface area contributed by atoms with E-state index in [4.69, 9.17) is 4.74 Å². The van der Waals surface area contributed by atoms with E-state index in [0.29, 0.717) is 19.7 Å². The molecule has 0 aromatic carbocycles. The number of aromatic nitrogens is 2. The number of hydrogen-bond donors (Lipinski definition) is 1. The largest absolute Gasteiger partial charge is 0.373 e. The van der Waals surface area contributed by atoms with Gasteiger partial charge in [-0.25, -0.2) is 4.98 Å². The van der Waals surface area contributed by atoms with E-state index in [9.17, 15) is 9.59 Å². The number of aryl methyl sites for hydroxylation is 1. The van der Waals surface area contributed by atoms with Gasteiger partial charge in [0, 0.05) is 26.3 Å². The molecule has 1 atom stereocenters. The van der Waals surface area contributed by atoms with Gasteiger partial charge >= 0.3 is 0 Å². The number of carbonyl (C=O) groups excluding carboxylic acids is 1. The first-order valence-corrected chi connectivity index (χ1v) is 8.23. The summed E-state index contributed by atoms with van der Waals surface area (Å²) in [6.45, 7) is 3.07. The molecule has 1 aliphatic rings. The van der Waals surface area contributed by atoms with Crippen molar-refractivity contribution in [3.8, 4) is 0 Å². The average molecular weight is 342 g/mol. The quantitative estimate of drug-likeness (QED) is 0.911. The molecule has 7 heteroatoms. The first kappa shape index (κ1) is 17.2. The van der Waals surface area contributed by atoms with Crippen LogP contribution in [0.4, 0.5) is 5.82 Å². The van der Waals surface area contributed by atoms with Gasteiger partial charge in [-0.2, -0.15) is 0 Å². The summed E-state index contributed by atoms with van der Waals surface area (Å²) in [5.41, 5.74) is 1.49. The number of hydrogen-bond acceptors (Lipinski definition) is 5. The van der Waals surface area contributed by atoms with Crippen LogP contribution < -0.4 is 10.9 Å². The van der Waals surface area contributed by atoms with Gasteiger partial charge in [0.15, 0.2) is 0 Å². The number of rotatable bonds is 3. The van der Waals surface area contributed by atoms with Crippen LogP contribution in [0.1, 0.15) is 27.8 Å². The van der Waals surface area contributed by atoms with Gasteiger partial charge in [-0.1, -0.05) is 6.07 Å². The Bertz CT molecular complexity index is 846. The lowest BCUT2D eigenvalue weighted by molar-refractivity contribution is -0.0247. The summed E-state index contributed by atoms with van der Waals surface area (Å²) < 4.78 is 7.27. The van der Waals surface area contributed by atoms with Gasteiger partial charge in [0.2, 0.25) is 0 Å². The number of ether oxygens (including phenoxy) is 1. The molecule has 1 amide bonds. The molecule has 2 aromatic rings. The molecule has 1 unspecified atom stereocenters. The van der Waals surface area contributed by atoms with E-state index in [2.05, 4.69) is 10.3 Å². The molecule has 0 spiro atoms. The van der Waals surface area contributed by atoms with Crippen molar-refractivity contribution >= 4 is 11.7 Å². The minimum Gasteiger partial charge on any atom is -0.373 e. The number of amides is 1. The van der Waals surface area contributed by atoms with Crippen LogP contribution in [0.15, 0.2) is 35.1 Å². The maximum absolute atomic E-state index is 12.8. The fourth-order valence-electron chi connectivity index (χ4n) is 2.84. The number of carbonyl (C=O) groups is 1. The van der Waals surface area contributed by atoms with E-state index in [0.717, 1.165) is 17.2 Å². The van der Waals surface area contributed by atoms with Crippen molar-refractivity contribution in [2.45, 2.75) is 13.0 Å². The average Bonchev–Trinajstić information content (AvgIpc) is 2.66. The van der Waals surface area contributed by atoms with Gasteiger partial charge in [0.05, 0.1) is 18.8 Å². The Kier molecular flexibility index (Phi) is 4.85. The van der Waals surface area contributed by atoms with Gasteiger partial charge in [-0.15, -0.1) is 0 Å². The van der Waals surface area contributed by atoms with Crippen LogP contribution in [0.3, 0.4) is 0 Å². The summed E-state index contributed by atoms with van der Waals surface area (Å²) in [7, 11) is 3.47. The van der Waals surface area contributed by atoms with Crippen LogP contribution >= 0.6 is 0 Å². The van der Waals surface area contributed by atoms with E-state index in [-0.39, 0.29) is 23.1 Å². The van der Waals surface area contributed by atoms with Crippen molar-refractivity contribution in [2.75, 3.05) is 32.1 Å². The highest BCUT2D eigenvalue weighted by Crippen LogP contribution is 2.22. The Morgan fingerprint density at radius 3 is 2.88 bits per heavy atom. The fourth-order valence-corrected chi connectivity index (χ4v) is 2.84. The molecule has 0 saturated carbocycles. The normalized spacial score (nSPS) is 17.4. The Balaban J connectivity index is 1.82. The molecule has 1 fully saturated rings. The summed E-state index contributed by atoms with van der Waals surface area (Å²) in [5.74, 6) is 0.482. The van der Waals surface area contributed by atoms with Crippen LogP contribution in [-0.2, 0) is 11.8 Å². The van der Waals surface area contributed by atoms with E-state index in [1.807, 2.05) is 25.1 Å². The van der Waals surface area contributed by atoms with Crippen molar-refractivity contribution in [2.24, 2.45) is 7.05 Å². The van der Waals surface area contributed by atoms with Crippen LogP contribution in [0.5, 0.6) is 0 Å². The third kappa shape index (κ3) is 3.41. The molecule has 0 radical (unpaired) electrons. The summed E-state index contributed by atoms with van der Waals surface area (Å²) >= 11 is 0. The van der Waals surface area contributed by atoms with Crippen molar-refractivity contribution in [3.63, 3.8) is 0 Å². The Morgan fingerprint density at radius 1 is 1.32 bits per heavy atom. The predicted molar refractivity (Wildman–Crippen MR) is 94.8 cm³/mol. The van der Waals surface area contributed by atoms with E-state index in [1.54, 1.807) is 31.1 Å². The second-order valence-corrected chi connectivity index (χ2v) is 6.06. The molecule has 1 N–H and O–H groups in total. The third-order valence-corrected chi connectivity index (χ3v) is 4.50. The lowest BCUT2D eigenvalue weighted by Crippen LogP contribution is -2.44. The highest BCUT2D eigenvalue weighted by atomic mass is 16.5. The smallest absolute Gasteiger partial charge is 0.263 e. The van der Waals surface area contributed by atoms with Crippen molar-refractivity contribution < 1.29 is 9.53 Å². The molecule has 25 heavy (non-hydrogen) atoms. The van der Waals surface area contributed by atoms with Crippen molar-refractivity contribution in [1.29, 1.82) is 0 Å². The lowest BCUT2D eigenvalue weighted by atomic mass is 10.1. The zero-order chi connectivity index (χ0) is 18.0. The summed E-state index contributed by atoms with van der Waals surface area (Å²) in [6.07, 6.45) is -0.305. The number of anilines is 1. The van der Waals surface area contributed by atoms with Crippen LogP contribution in [0, 0.1) is 6.92 Å². The number of morpholine rings is 1. The molecule has 0 aliphatic carbocycles. The van der Waals surface area contributed by atoms with Gasteiger partial charge < -0.3 is 19.5 Å². The fraction of sp³-hybridized carbons (Fsp3) is 0.389. The molecule has 2 aromatic heterocycles. The minimum absolute atomic E-state index is 0.186. The number of nitrogens with zero attached hydrogens (tertiary/aromatic N) is 3. The zero-order valence-corrected chi connectivity index (χ0v) is 14.7. The first-order valence-electron chi connectivity index (χ1n) is 8.23. The van der Waals surface area contributed by atoms with Gasteiger partial charge in [-0.3, -0.25) is 9.59 Å². The second-order valence-electron chi connectivity index (χ2n) is 6.06. The molecule has 3 rings (SSSR count). The molecule has 132 valence electrons. The molecule has 1 saturated heterocycles. The molecule has 7 nitrogen and oxygen atoms in total. The highest BCUT2D eigenvalue weighted by Gasteiger charge is 2.28. The summed E-state index contributed by atoms with van der Waals surface area (Å²) in [5, 5.41) is 2.99. The van der Waals surface area contributed by atoms with Crippen LogP contribution in [0.2, 0.25) is 0 Å². The molecular formula is C18H22N4O3. The first-order chi connectivity index (χ1) is 12.0. The van der Waals surface area contributed by atoms with Gasteiger partial charge in [0.1, 0.15) is 17.5 Å². The maximum Gasteiger partial charge on any atom is 0.263 e. The topological polar surface area (TPSA) is 76.5 Å². The molecular weight excluding hydrogens is 320 g/mol. The van der Waals surface area contributed by atoms with E-state index in [1.165, 1.54) is 4.57 Å². The third-order valence-electron chi connectivity index (χ3n) is 4.50. The summed E-state index contributed by atoms with van der Waals surface area (Å²) in [4.78, 5) is 31.3. The van der Waals surface area contributed by atoms with E-state index >= 15 is 0 Å². The second kappa shape index (κ2) is 7.06. The SMILES string of the molecule is CNc1cccc(C2CN(C(=O)c3ccc(C)n(C)c3=O)CCO2)n1. The highest BCUT2D eigenvalue weighted by molar-refractivity contribution is 5.94. The van der Waals surface area contributed by atoms with Crippen LogP contribution in [-0.4, -0.2) is 47.1 Å². The maximum atomic E-state index is 12.8. The van der Waals surface area contributed by atoms with Crippen molar-refractivity contribution in [1.82, 2.24) is 14.5 Å². The summed E-state index contributed by atoms with van der Waals surface area (Å²) in [6, 6.07) is 9.03. The monoisotopic (exact) mass is 342 g/mol. The Hall–Kier alpha value is -2.67. The number of nitrogens with one attached hydrogen (secondary N) is 1. The minimum atomic E-state index is -0.305. The standard InChI is InChI=1S/C18H22N4O3/c1-12-7-8-13(17(23)21(12)3)18(24)22-9-10-25-15(11-22)14-5-4-6-16(19-2)20-14/h4-8,15H,9-11H2,1-3H3,(H,19,20). The number of pyridine rings is 2. The predicted octanol–water partition coefficient (Wildman–Crippen LogP) is 1.34. The molecule has 3 heterocycles. The van der Waals surface area contributed by atoms with E-state index < -0.39 is 0 Å². The van der Waals surface area contributed by atoms with Crippen molar-refractivity contribution in [3.05, 3.63) is 57.6 Å². The Labute approximate surface area is 146 Å². The zero-order valence-electron chi connectivity index (χ0n) is 14.7. The lowest BCUT2D eigenvalue weighted by Gasteiger charge is -2.32. The Morgan fingerprint density at radius 2 is 2.12 bits per heavy atom. The van der Waals surface area contributed by atoms with Crippen LogP contribution in [0.25, 0.3) is 0 Å². The van der Waals surface area contributed by atoms with Gasteiger partial charge in [-0.05, 0) is 31.2 Å². The molecule has 1 aliphatic heterocycles. The molecule has 0 bridgehead atoms. The van der Waals surface area contributed by atoms with Gasteiger partial charge in [0.25, 0.3) is 11.5 Å².